The fourth-order valence-corrected chi connectivity index (χ4v) is 8.93. The predicted molar refractivity (Wildman–Crippen MR) is 258 cm³/mol. The minimum absolute atomic E-state index is 0.915. The van der Waals surface area contributed by atoms with Crippen LogP contribution in [0.1, 0.15) is 5.56 Å². The smallest absolute Gasteiger partial charge is 0.138 e. The third-order valence-corrected chi connectivity index (χ3v) is 12.1. The number of nitrogens with zero attached hydrogens (tertiary/aromatic N) is 1. The molecule has 0 N–H and O–H groups in total. The highest BCUT2D eigenvalue weighted by Crippen LogP contribution is 2.40. The number of aryl methyl sites for hydroxylation is 1. The molecule has 2 heteroatoms. The van der Waals surface area contributed by atoms with Gasteiger partial charge in [-0.05, 0) is 122 Å². The lowest BCUT2D eigenvalue weighted by molar-refractivity contribution is 0.629. The van der Waals surface area contributed by atoms with Gasteiger partial charge in [-0.15, -0.1) is 0 Å². The lowest BCUT2D eigenvalue weighted by Crippen LogP contribution is -2.09. The summed E-state index contributed by atoms with van der Waals surface area (Å²) in [6.07, 6.45) is 0. The van der Waals surface area contributed by atoms with Gasteiger partial charge in [0.25, 0.3) is 0 Å². The van der Waals surface area contributed by atoms with Crippen LogP contribution in [0, 0.1) is 6.92 Å². The molecule has 0 saturated heterocycles. The molecule has 2 nitrogen and oxygen atoms in total. The van der Waals surface area contributed by atoms with E-state index in [0.29, 0.717) is 0 Å². The van der Waals surface area contributed by atoms with Gasteiger partial charge in [-0.1, -0.05) is 182 Å². The SMILES string of the molecule is Cc1c(-c2cccc(-c3ccc(N(c4ccc(-c5ccc(-c6cccc7ccccc67)cc5)cc4)c4ccc(-c5cccc6ccccc56)cc4)cc3)c2)oc2ccccc12. The van der Waals surface area contributed by atoms with E-state index in [1.807, 2.05) is 12.1 Å². The lowest BCUT2D eigenvalue weighted by Gasteiger charge is -2.26. The quantitative estimate of drug-likeness (QED) is 0.153. The van der Waals surface area contributed by atoms with Crippen molar-refractivity contribution in [2.45, 2.75) is 6.92 Å². The zero-order valence-corrected chi connectivity index (χ0v) is 33.8. The predicted octanol–water partition coefficient (Wildman–Crippen LogP) is 16.9. The van der Waals surface area contributed by atoms with Crippen LogP contribution < -0.4 is 4.90 Å². The molecule has 0 unspecified atom stereocenters. The van der Waals surface area contributed by atoms with E-state index < -0.39 is 0 Å². The van der Waals surface area contributed by atoms with E-state index in [-0.39, 0.29) is 0 Å². The number of fused-ring (bicyclic) bond motifs is 3. The molecule has 0 radical (unpaired) electrons. The molecule has 0 aliphatic heterocycles. The molecule has 0 fully saturated rings. The first-order chi connectivity index (χ1) is 30.1. The van der Waals surface area contributed by atoms with Crippen molar-refractivity contribution in [1.82, 2.24) is 0 Å². The average molecular weight is 780 g/mol. The number of hydrogen-bond acceptors (Lipinski definition) is 2. The van der Waals surface area contributed by atoms with Crippen molar-refractivity contribution in [2.75, 3.05) is 4.90 Å². The average Bonchev–Trinajstić information content (AvgIpc) is 3.68. The van der Waals surface area contributed by atoms with E-state index in [4.69, 9.17) is 4.42 Å². The highest BCUT2D eigenvalue weighted by atomic mass is 16.3. The summed E-state index contributed by atoms with van der Waals surface area (Å²) in [5.74, 6) is 0.919. The first-order valence-corrected chi connectivity index (χ1v) is 20.9. The molecule has 0 aliphatic rings. The van der Waals surface area contributed by atoms with Crippen LogP contribution >= 0.6 is 0 Å². The Morgan fingerprint density at radius 1 is 0.311 bits per heavy atom. The summed E-state index contributed by atoms with van der Waals surface area (Å²) in [5.41, 5.74) is 16.0. The molecule has 0 amide bonds. The third kappa shape index (κ3) is 6.75. The van der Waals surface area contributed by atoms with E-state index in [0.717, 1.165) is 56.0 Å². The molecule has 0 aliphatic carbocycles. The van der Waals surface area contributed by atoms with Crippen LogP contribution in [0.25, 0.3) is 88.3 Å². The van der Waals surface area contributed by atoms with Gasteiger partial charge in [0.2, 0.25) is 0 Å². The molecular weight excluding hydrogens is 739 g/mol. The molecular formula is C59H41NO. The van der Waals surface area contributed by atoms with Crippen molar-refractivity contribution < 1.29 is 4.42 Å². The molecule has 0 atom stereocenters. The minimum Gasteiger partial charge on any atom is -0.456 e. The van der Waals surface area contributed by atoms with E-state index in [1.165, 1.54) is 54.9 Å². The van der Waals surface area contributed by atoms with Crippen LogP contribution in [0.2, 0.25) is 0 Å². The van der Waals surface area contributed by atoms with Crippen molar-refractivity contribution in [2.24, 2.45) is 0 Å². The molecule has 0 bridgehead atoms. The van der Waals surface area contributed by atoms with E-state index in [1.54, 1.807) is 0 Å². The van der Waals surface area contributed by atoms with Gasteiger partial charge >= 0.3 is 0 Å². The normalized spacial score (nSPS) is 11.4. The second-order valence-corrected chi connectivity index (χ2v) is 15.7. The fraction of sp³-hybridized carbons (Fsp3) is 0.0169. The Kier molecular flexibility index (Phi) is 9.09. The third-order valence-electron chi connectivity index (χ3n) is 12.1. The van der Waals surface area contributed by atoms with Gasteiger partial charge < -0.3 is 9.32 Å². The van der Waals surface area contributed by atoms with E-state index in [2.05, 4.69) is 230 Å². The van der Waals surface area contributed by atoms with Crippen LogP contribution in [0.3, 0.4) is 0 Å². The topological polar surface area (TPSA) is 16.4 Å². The highest BCUT2D eigenvalue weighted by molar-refractivity contribution is 5.98. The number of anilines is 3. The number of rotatable bonds is 8. The standard InChI is InChI=1S/C59H41NO/c1-40-53-17-6-7-22-58(53)61-59(40)49-16-8-15-48(39-49)43-29-35-51(36-30-43)60(52-37-31-47(32-38-52)57-21-10-14-45-12-3-5-19-55(45)57)50-33-27-42(28-34-50)41-23-25-46(26-24-41)56-20-9-13-44-11-2-4-18-54(44)56/h2-39H,1H3. The molecule has 288 valence electrons. The minimum atomic E-state index is 0.915. The summed E-state index contributed by atoms with van der Waals surface area (Å²) >= 11 is 0. The van der Waals surface area contributed by atoms with Crippen molar-refractivity contribution in [3.8, 4) is 55.8 Å². The van der Waals surface area contributed by atoms with Gasteiger partial charge in [-0.25, -0.2) is 0 Å². The Morgan fingerprint density at radius 3 is 1.25 bits per heavy atom. The monoisotopic (exact) mass is 779 g/mol. The van der Waals surface area contributed by atoms with Crippen molar-refractivity contribution >= 4 is 49.6 Å². The molecule has 0 spiro atoms. The first kappa shape index (κ1) is 36.2. The Bertz CT molecular complexity index is 3330. The number of furan rings is 1. The molecule has 11 aromatic rings. The molecule has 0 saturated carbocycles. The maximum Gasteiger partial charge on any atom is 0.138 e. The van der Waals surface area contributed by atoms with Crippen LogP contribution in [-0.2, 0) is 0 Å². The van der Waals surface area contributed by atoms with Gasteiger partial charge in [0.1, 0.15) is 11.3 Å². The second-order valence-electron chi connectivity index (χ2n) is 15.7. The summed E-state index contributed by atoms with van der Waals surface area (Å²) in [5, 5.41) is 6.18. The number of para-hydroxylation sites is 1. The lowest BCUT2D eigenvalue weighted by atomic mass is 9.96. The maximum atomic E-state index is 6.35. The highest BCUT2D eigenvalue weighted by Gasteiger charge is 2.16. The summed E-state index contributed by atoms with van der Waals surface area (Å²) in [6.45, 7) is 2.14. The maximum absolute atomic E-state index is 6.35. The molecule has 1 heterocycles. The fourth-order valence-electron chi connectivity index (χ4n) is 8.93. The van der Waals surface area contributed by atoms with Crippen LogP contribution in [0.5, 0.6) is 0 Å². The zero-order valence-electron chi connectivity index (χ0n) is 33.8. The Morgan fingerprint density at radius 2 is 0.705 bits per heavy atom. The summed E-state index contributed by atoms with van der Waals surface area (Å²) < 4.78 is 6.35. The zero-order chi connectivity index (χ0) is 40.7. The summed E-state index contributed by atoms with van der Waals surface area (Å²) in [7, 11) is 0. The van der Waals surface area contributed by atoms with Crippen LogP contribution in [-0.4, -0.2) is 0 Å². The van der Waals surface area contributed by atoms with Crippen molar-refractivity contribution in [3.63, 3.8) is 0 Å². The van der Waals surface area contributed by atoms with E-state index in [9.17, 15) is 0 Å². The van der Waals surface area contributed by atoms with E-state index >= 15 is 0 Å². The largest absolute Gasteiger partial charge is 0.456 e. The van der Waals surface area contributed by atoms with Gasteiger partial charge in [0.05, 0.1) is 0 Å². The Hall–Kier alpha value is -7.94. The Balaban J connectivity index is 0.934. The molecule has 10 aromatic carbocycles. The number of hydrogen-bond donors (Lipinski definition) is 0. The van der Waals surface area contributed by atoms with Gasteiger partial charge in [-0.3, -0.25) is 0 Å². The molecule has 11 rings (SSSR count). The molecule has 61 heavy (non-hydrogen) atoms. The molecule has 1 aromatic heterocycles. The Labute approximate surface area is 356 Å². The van der Waals surface area contributed by atoms with Gasteiger partial charge in [0.15, 0.2) is 0 Å². The summed E-state index contributed by atoms with van der Waals surface area (Å²) in [6, 6.07) is 82.9. The number of benzene rings is 10. The van der Waals surface area contributed by atoms with Crippen molar-refractivity contribution in [3.05, 3.63) is 236 Å². The van der Waals surface area contributed by atoms with Crippen LogP contribution in [0.4, 0.5) is 17.1 Å². The van der Waals surface area contributed by atoms with Gasteiger partial charge in [-0.2, -0.15) is 0 Å². The van der Waals surface area contributed by atoms with Crippen LogP contribution in [0.15, 0.2) is 235 Å². The summed E-state index contributed by atoms with van der Waals surface area (Å²) in [4.78, 5) is 2.35. The van der Waals surface area contributed by atoms with Crippen molar-refractivity contribution in [1.29, 1.82) is 0 Å². The first-order valence-electron chi connectivity index (χ1n) is 20.9. The van der Waals surface area contributed by atoms with Gasteiger partial charge in [0, 0.05) is 33.6 Å². The second kappa shape index (κ2) is 15.3.